The van der Waals surface area contributed by atoms with Crippen LogP contribution in [0.1, 0.15) is 348 Å². The van der Waals surface area contributed by atoms with Gasteiger partial charge in [0, 0.05) is 19.3 Å². The number of carbonyl (C=O) groups is 3. The fourth-order valence-corrected chi connectivity index (χ4v) is 9.74. The van der Waals surface area contributed by atoms with E-state index >= 15 is 0 Å². The molecular weight excluding hydrogens is 937 g/mol. The molecule has 0 heterocycles. The summed E-state index contributed by atoms with van der Waals surface area (Å²) in [6.45, 7) is 6.53. The molecule has 0 aliphatic heterocycles. The van der Waals surface area contributed by atoms with Crippen molar-refractivity contribution in [3.05, 3.63) is 60.8 Å². The molecule has 0 N–H and O–H groups in total. The maximum Gasteiger partial charge on any atom is 0.306 e. The molecule has 0 aliphatic carbocycles. The van der Waals surface area contributed by atoms with Gasteiger partial charge in [0.1, 0.15) is 13.2 Å². The van der Waals surface area contributed by atoms with Crippen LogP contribution in [0, 0.1) is 0 Å². The topological polar surface area (TPSA) is 78.9 Å². The van der Waals surface area contributed by atoms with Gasteiger partial charge in [-0.15, -0.1) is 0 Å². The number of allylic oxidation sites excluding steroid dienone is 10. The van der Waals surface area contributed by atoms with Gasteiger partial charge in [-0.1, -0.05) is 287 Å². The van der Waals surface area contributed by atoms with Crippen LogP contribution in [0.25, 0.3) is 0 Å². The predicted octanol–water partition coefficient (Wildman–Crippen LogP) is 22.7. The Hall–Kier alpha value is -2.89. The molecule has 0 aromatic heterocycles. The summed E-state index contributed by atoms with van der Waals surface area (Å²) in [5.74, 6) is -0.907. The fraction of sp³-hybridized carbons (Fsp3) is 0.814. The number of hydrogen-bond donors (Lipinski definition) is 0. The maximum absolute atomic E-state index is 12.9. The highest BCUT2D eigenvalue weighted by atomic mass is 16.6. The summed E-state index contributed by atoms with van der Waals surface area (Å²) in [6, 6.07) is 0. The Labute approximate surface area is 472 Å². The van der Waals surface area contributed by atoms with Gasteiger partial charge in [0.05, 0.1) is 0 Å². The Morgan fingerprint density at radius 3 is 0.829 bits per heavy atom. The molecule has 76 heavy (non-hydrogen) atoms. The summed E-state index contributed by atoms with van der Waals surface area (Å²) in [6.07, 6.45) is 82.5. The first-order chi connectivity index (χ1) is 37.5. The summed E-state index contributed by atoms with van der Waals surface area (Å²) < 4.78 is 16.9. The van der Waals surface area contributed by atoms with Crippen molar-refractivity contribution in [1.82, 2.24) is 0 Å². The van der Waals surface area contributed by atoms with E-state index in [0.29, 0.717) is 19.3 Å². The number of hydrogen-bond acceptors (Lipinski definition) is 6. The number of unbranched alkanes of at least 4 members (excludes halogenated alkanes) is 40. The van der Waals surface area contributed by atoms with Crippen molar-refractivity contribution >= 4 is 17.9 Å². The van der Waals surface area contributed by atoms with Gasteiger partial charge in [-0.3, -0.25) is 14.4 Å². The van der Waals surface area contributed by atoms with Gasteiger partial charge in [0.15, 0.2) is 6.10 Å². The van der Waals surface area contributed by atoms with Gasteiger partial charge >= 0.3 is 17.9 Å². The smallest absolute Gasteiger partial charge is 0.306 e. The van der Waals surface area contributed by atoms with Gasteiger partial charge in [-0.25, -0.2) is 0 Å². The standard InChI is InChI=1S/C70H126O6/c1-4-7-10-13-16-19-22-25-27-29-30-31-32-33-34-35-36-37-38-39-40-41-43-45-48-51-54-57-60-63-69(72)75-66-67(65-74-68(71)62-59-56-53-50-47-44-24-21-18-15-12-9-6-3)76-70(73)64-61-58-55-52-49-46-42-28-26-23-20-17-14-11-8-5-2/h9,12,18,21,28-30,42,44,47,67H,4-8,10-11,13-17,19-20,22-27,31-41,43,45-46,48-66H2,1-3H3/b12-9-,21-18-,30-29-,42-28-,47-44-. The van der Waals surface area contributed by atoms with Gasteiger partial charge in [0.25, 0.3) is 0 Å². The van der Waals surface area contributed by atoms with Crippen LogP contribution in [0.2, 0.25) is 0 Å². The van der Waals surface area contributed by atoms with E-state index in [0.717, 1.165) is 96.3 Å². The Balaban J connectivity index is 4.20. The summed E-state index contributed by atoms with van der Waals surface area (Å²) in [5, 5.41) is 0. The first kappa shape index (κ1) is 73.1. The first-order valence-electron chi connectivity index (χ1n) is 33.3. The van der Waals surface area contributed by atoms with Crippen molar-refractivity contribution in [2.24, 2.45) is 0 Å². The fourth-order valence-electron chi connectivity index (χ4n) is 9.74. The molecule has 0 bridgehead atoms. The molecule has 6 heteroatoms. The highest BCUT2D eigenvalue weighted by Gasteiger charge is 2.19. The SMILES string of the molecule is CC/C=C\C/C=C\C/C=C\CCCCCC(=O)OCC(COC(=O)CCCCCCCCCCCCCCCCCCC/C=C\CCCCCCCCCC)OC(=O)CCCCCCC/C=C\CCCCCCCCC. The molecule has 1 unspecified atom stereocenters. The summed E-state index contributed by atoms with van der Waals surface area (Å²) >= 11 is 0. The van der Waals surface area contributed by atoms with E-state index < -0.39 is 6.10 Å². The molecule has 0 saturated heterocycles. The summed E-state index contributed by atoms with van der Waals surface area (Å²) in [4.78, 5) is 38.3. The van der Waals surface area contributed by atoms with Gasteiger partial charge in [-0.05, 0) is 103 Å². The molecule has 0 spiro atoms. The monoisotopic (exact) mass is 1060 g/mol. The Morgan fingerprint density at radius 1 is 0.276 bits per heavy atom. The lowest BCUT2D eigenvalue weighted by molar-refractivity contribution is -0.167. The predicted molar refractivity (Wildman–Crippen MR) is 330 cm³/mol. The van der Waals surface area contributed by atoms with Crippen LogP contribution in [0.15, 0.2) is 60.8 Å². The van der Waals surface area contributed by atoms with Crippen molar-refractivity contribution in [1.29, 1.82) is 0 Å². The van der Waals surface area contributed by atoms with Crippen LogP contribution in [-0.2, 0) is 28.6 Å². The van der Waals surface area contributed by atoms with E-state index in [1.807, 2.05) is 0 Å². The Morgan fingerprint density at radius 2 is 0.513 bits per heavy atom. The van der Waals surface area contributed by atoms with Crippen LogP contribution in [-0.4, -0.2) is 37.2 Å². The molecule has 0 saturated carbocycles. The minimum atomic E-state index is -0.790. The lowest BCUT2D eigenvalue weighted by Crippen LogP contribution is -2.30. The number of rotatable bonds is 61. The Bertz CT molecular complexity index is 1360. The average Bonchev–Trinajstić information content (AvgIpc) is 3.42. The molecular formula is C70H126O6. The molecule has 0 amide bonds. The molecule has 442 valence electrons. The highest BCUT2D eigenvalue weighted by Crippen LogP contribution is 2.17. The summed E-state index contributed by atoms with van der Waals surface area (Å²) in [5.41, 5.74) is 0. The third-order valence-electron chi connectivity index (χ3n) is 14.7. The van der Waals surface area contributed by atoms with Crippen LogP contribution in [0.5, 0.6) is 0 Å². The van der Waals surface area contributed by atoms with E-state index in [1.165, 1.54) is 212 Å². The zero-order valence-corrected chi connectivity index (χ0v) is 50.8. The van der Waals surface area contributed by atoms with Crippen molar-refractivity contribution in [2.45, 2.75) is 354 Å². The van der Waals surface area contributed by atoms with Crippen molar-refractivity contribution in [3.63, 3.8) is 0 Å². The quantitative estimate of drug-likeness (QED) is 0.0261. The molecule has 6 nitrogen and oxygen atoms in total. The highest BCUT2D eigenvalue weighted by molar-refractivity contribution is 5.71. The van der Waals surface area contributed by atoms with Crippen LogP contribution in [0.4, 0.5) is 0 Å². The molecule has 0 aromatic rings. The van der Waals surface area contributed by atoms with E-state index in [2.05, 4.69) is 81.5 Å². The largest absolute Gasteiger partial charge is 0.462 e. The normalized spacial score (nSPS) is 12.4. The van der Waals surface area contributed by atoms with E-state index in [9.17, 15) is 14.4 Å². The molecule has 0 rings (SSSR count). The van der Waals surface area contributed by atoms with Crippen molar-refractivity contribution < 1.29 is 28.6 Å². The van der Waals surface area contributed by atoms with E-state index in [1.54, 1.807) is 0 Å². The second-order valence-corrected chi connectivity index (χ2v) is 22.3. The number of esters is 3. The van der Waals surface area contributed by atoms with Crippen LogP contribution in [0.3, 0.4) is 0 Å². The van der Waals surface area contributed by atoms with Gasteiger partial charge in [0.2, 0.25) is 0 Å². The molecule has 0 aromatic carbocycles. The van der Waals surface area contributed by atoms with Gasteiger partial charge in [-0.2, -0.15) is 0 Å². The molecule has 0 aliphatic rings. The minimum absolute atomic E-state index is 0.0843. The molecule has 0 radical (unpaired) electrons. The molecule has 1 atom stereocenters. The van der Waals surface area contributed by atoms with E-state index in [-0.39, 0.29) is 31.1 Å². The van der Waals surface area contributed by atoms with Crippen LogP contribution >= 0.6 is 0 Å². The van der Waals surface area contributed by atoms with Crippen molar-refractivity contribution in [2.75, 3.05) is 13.2 Å². The Kier molecular flexibility index (Phi) is 62.2. The second kappa shape index (κ2) is 64.6. The third-order valence-corrected chi connectivity index (χ3v) is 14.7. The number of carbonyl (C=O) groups excluding carboxylic acids is 3. The maximum atomic E-state index is 12.9. The summed E-state index contributed by atoms with van der Waals surface area (Å²) in [7, 11) is 0. The lowest BCUT2D eigenvalue weighted by atomic mass is 10.0. The minimum Gasteiger partial charge on any atom is -0.462 e. The lowest BCUT2D eigenvalue weighted by Gasteiger charge is -2.18. The molecule has 0 fully saturated rings. The third kappa shape index (κ3) is 62.0. The zero-order valence-electron chi connectivity index (χ0n) is 50.8. The van der Waals surface area contributed by atoms with Crippen molar-refractivity contribution in [3.8, 4) is 0 Å². The zero-order chi connectivity index (χ0) is 55.0. The average molecular weight is 1060 g/mol. The van der Waals surface area contributed by atoms with E-state index in [4.69, 9.17) is 14.2 Å². The second-order valence-electron chi connectivity index (χ2n) is 22.3. The van der Waals surface area contributed by atoms with Gasteiger partial charge < -0.3 is 14.2 Å². The van der Waals surface area contributed by atoms with Crippen LogP contribution < -0.4 is 0 Å². The first-order valence-corrected chi connectivity index (χ1v) is 33.3. The number of ether oxygens (including phenoxy) is 3.